The smallest absolute Gasteiger partial charge is 0.315 e. The maximum Gasteiger partial charge on any atom is 0.315 e. The van der Waals surface area contributed by atoms with Gasteiger partial charge < -0.3 is 15.5 Å². The standard InChI is InChI=1S/C15H27N3O2/c1-11-7-5-6-10-18(11)14(19)12(2)16-15(20)17-13-8-3-4-9-13/h11-13H,3-10H2,1-2H3,(H2,16,17,20)/t11-,12+/m1/s1. The van der Waals surface area contributed by atoms with Crippen LogP contribution in [0.15, 0.2) is 0 Å². The quantitative estimate of drug-likeness (QED) is 0.831. The summed E-state index contributed by atoms with van der Waals surface area (Å²) < 4.78 is 0. The minimum atomic E-state index is -0.447. The minimum Gasteiger partial charge on any atom is -0.338 e. The molecule has 5 heteroatoms. The van der Waals surface area contributed by atoms with Crippen molar-refractivity contribution >= 4 is 11.9 Å². The van der Waals surface area contributed by atoms with Crippen molar-refractivity contribution in [1.29, 1.82) is 0 Å². The number of amides is 3. The molecule has 2 fully saturated rings. The van der Waals surface area contributed by atoms with Gasteiger partial charge in [-0.15, -0.1) is 0 Å². The van der Waals surface area contributed by atoms with Gasteiger partial charge in [-0.25, -0.2) is 4.79 Å². The summed E-state index contributed by atoms with van der Waals surface area (Å²) in [6, 6.07) is -0.0797. The van der Waals surface area contributed by atoms with Crippen LogP contribution in [0.4, 0.5) is 4.79 Å². The Labute approximate surface area is 121 Å². The summed E-state index contributed by atoms with van der Waals surface area (Å²) in [6.45, 7) is 4.68. The van der Waals surface area contributed by atoms with Crippen LogP contribution in [-0.2, 0) is 4.79 Å². The van der Waals surface area contributed by atoms with Gasteiger partial charge in [0, 0.05) is 18.6 Å². The lowest BCUT2D eigenvalue weighted by molar-refractivity contribution is -0.136. The number of hydrogen-bond acceptors (Lipinski definition) is 2. The Morgan fingerprint density at radius 1 is 1.10 bits per heavy atom. The van der Waals surface area contributed by atoms with Crippen LogP contribution in [-0.4, -0.2) is 41.5 Å². The summed E-state index contributed by atoms with van der Waals surface area (Å²) in [5.74, 6) is 0.0405. The normalized spacial score (nSPS) is 25.3. The average Bonchev–Trinajstić information content (AvgIpc) is 2.91. The van der Waals surface area contributed by atoms with E-state index in [1.807, 2.05) is 4.90 Å². The highest BCUT2D eigenvalue weighted by atomic mass is 16.2. The van der Waals surface area contributed by atoms with Gasteiger partial charge in [0.2, 0.25) is 5.91 Å². The topological polar surface area (TPSA) is 61.4 Å². The van der Waals surface area contributed by atoms with Crippen molar-refractivity contribution in [1.82, 2.24) is 15.5 Å². The summed E-state index contributed by atoms with van der Waals surface area (Å²) >= 11 is 0. The molecule has 0 aromatic rings. The molecule has 0 unspecified atom stereocenters. The van der Waals surface area contributed by atoms with Gasteiger partial charge >= 0.3 is 6.03 Å². The maximum absolute atomic E-state index is 12.4. The summed E-state index contributed by atoms with van der Waals surface area (Å²) in [4.78, 5) is 26.2. The van der Waals surface area contributed by atoms with Crippen molar-refractivity contribution in [3.8, 4) is 0 Å². The lowest BCUT2D eigenvalue weighted by Gasteiger charge is -2.35. The molecule has 1 aliphatic heterocycles. The van der Waals surface area contributed by atoms with E-state index in [0.29, 0.717) is 6.04 Å². The molecule has 2 N–H and O–H groups in total. The third kappa shape index (κ3) is 3.87. The number of urea groups is 1. The van der Waals surface area contributed by atoms with Crippen molar-refractivity contribution in [2.24, 2.45) is 0 Å². The molecule has 5 nitrogen and oxygen atoms in total. The van der Waals surface area contributed by atoms with Gasteiger partial charge in [-0.3, -0.25) is 4.79 Å². The van der Waals surface area contributed by atoms with Crippen LogP contribution in [0.2, 0.25) is 0 Å². The van der Waals surface area contributed by atoms with Crippen molar-refractivity contribution < 1.29 is 9.59 Å². The number of rotatable bonds is 3. The van der Waals surface area contributed by atoms with Gasteiger partial charge in [0.1, 0.15) is 6.04 Å². The number of carbonyl (C=O) groups is 2. The molecule has 0 radical (unpaired) electrons. The molecule has 2 rings (SSSR count). The Balaban J connectivity index is 1.79. The highest BCUT2D eigenvalue weighted by Crippen LogP contribution is 2.18. The van der Waals surface area contributed by atoms with Crippen molar-refractivity contribution in [2.75, 3.05) is 6.54 Å². The van der Waals surface area contributed by atoms with Crippen molar-refractivity contribution in [3.63, 3.8) is 0 Å². The third-order valence-electron chi connectivity index (χ3n) is 4.49. The first-order valence-corrected chi connectivity index (χ1v) is 7.95. The predicted molar refractivity (Wildman–Crippen MR) is 78.4 cm³/mol. The molecule has 20 heavy (non-hydrogen) atoms. The lowest BCUT2D eigenvalue weighted by atomic mass is 10.0. The average molecular weight is 281 g/mol. The number of hydrogen-bond donors (Lipinski definition) is 2. The fourth-order valence-corrected chi connectivity index (χ4v) is 3.23. The Bertz CT molecular complexity index is 353. The fraction of sp³-hybridized carbons (Fsp3) is 0.867. The van der Waals surface area contributed by atoms with Crippen molar-refractivity contribution in [3.05, 3.63) is 0 Å². The molecule has 0 bridgehead atoms. The summed E-state index contributed by atoms with van der Waals surface area (Å²) in [5.41, 5.74) is 0. The second-order valence-corrected chi connectivity index (χ2v) is 6.20. The van der Waals surface area contributed by atoms with E-state index in [-0.39, 0.29) is 18.0 Å². The van der Waals surface area contributed by atoms with Crippen LogP contribution in [0.5, 0.6) is 0 Å². The molecule has 2 atom stereocenters. The van der Waals surface area contributed by atoms with Gasteiger partial charge in [-0.2, -0.15) is 0 Å². The summed E-state index contributed by atoms with van der Waals surface area (Å²) in [5, 5.41) is 5.74. The molecule has 0 aromatic heterocycles. The largest absolute Gasteiger partial charge is 0.338 e. The van der Waals surface area contributed by atoms with Gasteiger partial charge in [-0.05, 0) is 46.0 Å². The highest BCUT2D eigenvalue weighted by Gasteiger charge is 2.28. The lowest BCUT2D eigenvalue weighted by Crippen LogP contribution is -2.54. The molecule has 1 aliphatic carbocycles. The van der Waals surface area contributed by atoms with E-state index in [1.54, 1.807) is 6.92 Å². The number of carbonyl (C=O) groups excluding carboxylic acids is 2. The first kappa shape index (κ1) is 15.1. The van der Waals surface area contributed by atoms with Crippen LogP contribution in [0.1, 0.15) is 58.8 Å². The van der Waals surface area contributed by atoms with E-state index >= 15 is 0 Å². The Kier molecular flexibility index (Phi) is 5.26. The molecular weight excluding hydrogens is 254 g/mol. The SMILES string of the molecule is C[C@H](NC(=O)NC1CCCC1)C(=O)N1CCCC[C@H]1C. The van der Waals surface area contributed by atoms with Gasteiger partial charge in [0.25, 0.3) is 0 Å². The van der Waals surface area contributed by atoms with E-state index in [0.717, 1.165) is 32.2 Å². The monoisotopic (exact) mass is 281 g/mol. The zero-order chi connectivity index (χ0) is 14.5. The zero-order valence-corrected chi connectivity index (χ0v) is 12.7. The van der Waals surface area contributed by atoms with Gasteiger partial charge in [0.05, 0.1) is 0 Å². The molecule has 0 spiro atoms. The molecule has 2 aliphatic rings. The van der Waals surface area contributed by atoms with Crippen LogP contribution >= 0.6 is 0 Å². The molecule has 3 amide bonds. The van der Waals surface area contributed by atoms with Crippen molar-refractivity contribution in [2.45, 2.75) is 76.9 Å². The molecular formula is C15H27N3O2. The second kappa shape index (κ2) is 6.95. The number of likely N-dealkylation sites (tertiary alicyclic amines) is 1. The Morgan fingerprint density at radius 3 is 2.40 bits per heavy atom. The van der Waals surface area contributed by atoms with Crippen LogP contribution in [0.3, 0.4) is 0 Å². The molecule has 114 valence electrons. The number of nitrogens with zero attached hydrogens (tertiary/aromatic N) is 1. The van der Waals surface area contributed by atoms with E-state index in [9.17, 15) is 9.59 Å². The molecule has 1 heterocycles. The third-order valence-corrected chi connectivity index (χ3v) is 4.49. The summed E-state index contributed by atoms with van der Waals surface area (Å²) in [6.07, 6.45) is 7.80. The first-order chi connectivity index (χ1) is 9.58. The van der Waals surface area contributed by atoms with E-state index in [2.05, 4.69) is 17.6 Å². The highest BCUT2D eigenvalue weighted by molar-refractivity contribution is 5.87. The van der Waals surface area contributed by atoms with E-state index in [1.165, 1.54) is 19.3 Å². The van der Waals surface area contributed by atoms with Gasteiger partial charge in [0.15, 0.2) is 0 Å². The van der Waals surface area contributed by atoms with E-state index in [4.69, 9.17) is 0 Å². The predicted octanol–water partition coefficient (Wildman–Crippen LogP) is 2.02. The Hall–Kier alpha value is -1.26. The van der Waals surface area contributed by atoms with E-state index < -0.39 is 6.04 Å². The fourth-order valence-electron chi connectivity index (χ4n) is 3.23. The van der Waals surface area contributed by atoms with Crippen LogP contribution in [0, 0.1) is 0 Å². The van der Waals surface area contributed by atoms with Gasteiger partial charge in [-0.1, -0.05) is 12.8 Å². The number of piperidine rings is 1. The molecule has 1 saturated heterocycles. The number of nitrogens with one attached hydrogen (secondary N) is 2. The van der Waals surface area contributed by atoms with Crippen LogP contribution in [0.25, 0.3) is 0 Å². The molecule has 0 aromatic carbocycles. The van der Waals surface area contributed by atoms with Crippen LogP contribution < -0.4 is 10.6 Å². The second-order valence-electron chi connectivity index (χ2n) is 6.20. The molecule has 1 saturated carbocycles. The zero-order valence-electron chi connectivity index (χ0n) is 12.7. The summed E-state index contributed by atoms with van der Waals surface area (Å²) in [7, 11) is 0. The maximum atomic E-state index is 12.4. The first-order valence-electron chi connectivity index (χ1n) is 7.95. The Morgan fingerprint density at radius 2 is 1.75 bits per heavy atom. The minimum absolute atomic E-state index is 0.0405.